The Balaban J connectivity index is 1.58. The van der Waals surface area contributed by atoms with Crippen LogP contribution in [0.25, 0.3) is 10.6 Å². The Kier molecular flexibility index (Phi) is 6.55. The number of benzene rings is 1. The van der Waals surface area contributed by atoms with Gasteiger partial charge in [0, 0.05) is 19.1 Å². The Morgan fingerprint density at radius 2 is 2.07 bits per heavy atom. The molecule has 1 aliphatic rings. The summed E-state index contributed by atoms with van der Waals surface area (Å²) < 4.78 is 27.9. The van der Waals surface area contributed by atoms with E-state index in [0.29, 0.717) is 23.2 Å². The number of nitrogens with zero attached hydrogens (tertiary/aromatic N) is 2. The molecule has 0 aliphatic carbocycles. The van der Waals surface area contributed by atoms with Crippen molar-refractivity contribution in [2.45, 2.75) is 45.6 Å². The molecular weight excluding hydrogens is 368 g/mol. The van der Waals surface area contributed by atoms with E-state index in [4.69, 9.17) is 0 Å². The number of carbonyl (C=O) groups is 1. The fourth-order valence-electron chi connectivity index (χ4n) is 3.47. The maximum Gasteiger partial charge on any atom is 0.263 e. The summed E-state index contributed by atoms with van der Waals surface area (Å²) >= 11 is 1.02. The number of halogens is 2. The zero-order valence-electron chi connectivity index (χ0n) is 15.7. The molecule has 1 amide bonds. The number of hydrogen-bond donors (Lipinski definition) is 1. The number of carbonyl (C=O) groups excluding carboxylic acids is 1. The van der Waals surface area contributed by atoms with Gasteiger partial charge >= 0.3 is 0 Å². The molecule has 0 spiro atoms. The molecule has 1 aromatic heterocycles. The summed E-state index contributed by atoms with van der Waals surface area (Å²) in [6, 6.07) is 4.30. The first-order valence-corrected chi connectivity index (χ1v) is 10.2. The number of aryl methyl sites for hydroxylation is 1. The first-order valence-electron chi connectivity index (χ1n) is 9.41. The van der Waals surface area contributed by atoms with E-state index in [0.717, 1.165) is 30.8 Å². The van der Waals surface area contributed by atoms with Crippen molar-refractivity contribution in [2.24, 2.45) is 0 Å². The van der Waals surface area contributed by atoms with Crippen LogP contribution in [-0.2, 0) is 0 Å². The molecule has 1 atom stereocenters. The van der Waals surface area contributed by atoms with Crippen LogP contribution >= 0.6 is 11.3 Å². The van der Waals surface area contributed by atoms with Crippen molar-refractivity contribution >= 4 is 17.2 Å². The van der Waals surface area contributed by atoms with Gasteiger partial charge in [0.2, 0.25) is 0 Å². The van der Waals surface area contributed by atoms with Gasteiger partial charge in [0.1, 0.15) is 21.5 Å². The topological polar surface area (TPSA) is 45.2 Å². The van der Waals surface area contributed by atoms with E-state index >= 15 is 0 Å². The van der Waals surface area contributed by atoms with Gasteiger partial charge in [-0.1, -0.05) is 12.5 Å². The Morgan fingerprint density at radius 3 is 2.78 bits per heavy atom. The average molecular weight is 394 g/mol. The van der Waals surface area contributed by atoms with E-state index in [2.05, 4.69) is 22.1 Å². The lowest BCUT2D eigenvalue weighted by atomic mass is 10.0. The van der Waals surface area contributed by atoms with Crippen molar-refractivity contribution < 1.29 is 13.6 Å². The molecule has 1 aliphatic heterocycles. The second-order valence-corrected chi connectivity index (χ2v) is 8.02. The predicted molar refractivity (Wildman–Crippen MR) is 104 cm³/mol. The zero-order chi connectivity index (χ0) is 19.4. The number of thiazole rings is 1. The number of hydrogen-bond acceptors (Lipinski definition) is 4. The molecule has 1 aromatic carbocycles. The molecule has 0 saturated carbocycles. The third-order valence-corrected chi connectivity index (χ3v) is 6.20. The summed E-state index contributed by atoms with van der Waals surface area (Å²) in [6.45, 7) is 6.60. The number of aromatic nitrogens is 1. The van der Waals surface area contributed by atoms with E-state index in [1.807, 2.05) is 0 Å². The SMILES string of the molecule is Cc1nc(-c2c(F)cccc2F)sc1C(=O)NCCCN1CCCCC1C. The van der Waals surface area contributed by atoms with Crippen LogP contribution in [0.4, 0.5) is 8.78 Å². The average Bonchev–Trinajstić information content (AvgIpc) is 3.01. The molecule has 1 saturated heterocycles. The van der Waals surface area contributed by atoms with Crippen LogP contribution in [0.15, 0.2) is 18.2 Å². The third kappa shape index (κ3) is 4.71. The summed E-state index contributed by atoms with van der Waals surface area (Å²) in [5.41, 5.74) is 0.309. The van der Waals surface area contributed by atoms with Gasteiger partial charge in [0.25, 0.3) is 5.91 Å². The van der Waals surface area contributed by atoms with Gasteiger partial charge in [0.05, 0.1) is 11.3 Å². The first-order chi connectivity index (χ1) is 13.0. The van der Waals surface area contributed by atoms with Crippen LogP contribution in [-0.4, -0.2) is 41.5 Å². The number of nitrogens with one attached hydrogen (secondary N) is 1. The molecule has 1 fully saturated rings. The molecule has 0 bridgehead atoms. The van der Waals surface area contributed by atoms with Crippen molar-refractivity contribution in [1.82, 2.24) is 15.2 Å². The molecule has 7 heteroatoms. The Labute approximate surface area is 162 Å². The largest absolute Gasteiger partial charge is 0.351 e. The lowest BCUT2D eigenvalue weighted by molar-refractivity contribution is 0.0952. The molecule has 2 heterocycles. The van der Waals surface area contributed by atoms with Crippen molar-refractivity contribution in [3.05, 3.63) is 40.4 Å². The normalized spacial score (nSPS) is 17.9. The zero-order valence-corrected chi connectivity index (χ0v) is 16.5. The monoisotopic (exact) mass is 393 g/mol. The number of amides is 1. The Hall–Kier alpha value is -1.86. The molecule has 0 radical (unpaired) electrons. The number of piperidine rings is 1. The highest BCUT2D eigenvalue weighted by molar-refractivity contribution is 7.17. The Bertz CT molecular complexity index is 788. The minimum Gasteiger partial charge on any atom is -0.351 e. The molecular formula is C20H25F2N3OS. The van der Waals surface area contributed by atoms with E-state index in [9.17, 15) is 13.6 Å². The van der Waals surface area contributed by atoms with E-state index in [1.54, 1.807) is 6.92 Å². The summed E-state index contributed by atoms with van der Waals surface area (Å²) in [5, 5.41) is 3.10. The molecule has 27 heavy (non-hydrogen) atoms. The van der Waals surface area contributed by atoms with Gasteiger partial charge < -0.3 is 10.2 Å². The van der Waals surface area contributed by atoms with Crippen LogP contribution in [0.5, 0.6) is 0 Å². The Morgan fingerprint density at radius 1 is 1.33 bits per heavy atom. The summed E-state index contributed by atoms with van der Waals surface area (Å²) in [7, 11) is 0. The van der Waals surface area contributed by atoms with Crippen molar-refractivity contribution in [3.63, 3.8) is 0 Å². The number of rotatable bonds is 6. The lowest BCUT2D eigenvalue weighted by Gasteiger charge is -2.33. The minimum absolute atomic E-state index is 0.177. The van der Waals surface area contributed by atoms with Gasteiger partial charge in [-0.05, 0) is 51.8 Å². The van der Waals surface area contributed by atoms with Crippen LogP contribution < -0.4 is 5.32 Å². The minimum atomic E-state index is -0.675. The quantitative estimate of drug-likeness (QED) is 0.741. The number of likely N-dealkylation sites (tertiary alicyclic amines) is 1. The molecule has 1 unspecified atom stereocenters. The second kappa shape index (κ2) is 8.89. The van der Waals surface area contributed by atoms with Crippen molar-refractivity contribution in [3.8, 4) is 10.6 Å². The second-order valence-electron chi connectivity index (χ2n) is 7.02. The summed E-state index contributed by atoms with van der Waals surface area (Å²) in [5.74, 6) is -1.59. The standard InChI is InChI=1S/C20H25F2N3OS/c1-13-7-3-4-11-25(13)12-6-10-23-19(26)18-14(2)24-20(27-18)17-15(21)8-5-9-16(17)22/h5,8-9,13H,3-4,6-7,10-12H2,1-2H3,(H,23,26). The van der Waals surface area contributed by atoms with Gasteiger partial charge in [-0.3, -0.25) is 4.79 Å². The van der Waals surface area contributed by atoms with Gasteiger partial charge in [-0.2, -0.15) is 0 Å². The third-order valence-electron chi connectivity index (χ3n) is 5.03. The molecule has 4 nitrogen and oxygen atoms in total. The highest BCUT2D eigenvalue weighted by atomic mass is 32.1. The van der Waals surface area contributed by atoms with Crippen LogP contribution in [0.2, 0.25) is 0 Å². The molecule has 1 N–H and O–H groups in total. The van der Waals surface area contributed by atoms with Gasteiger partial charge in [-0.15, -0.1) is 11.3 Å². The van der Waals surface area contributed by atoms with Gasteiger partial charge in [-0.25, -0.2) is 13.8 Å². The smallest absolute Gasteiger partial charge is 0.263 e. The molecule has 3 rings (SSSR count). The fourth-order valence-corrected chi connectivity index (χ4v) is 4.50. The maximum absolute atomic E-state index is 14.0. The highest BCUT2D eigenvalue weighted by Crippen LogP contribution is 2.31. The maximum atomic E-state index is 14.0. The summed E-state index contributed by atoms with van der Waals surface area (Å²) in [4.78, 5) is 19.5. The van der Waals surface area contributed by atoms with Crippen LogP contribution in [0.1, 0.15) is 48.0 Å². The first kappa shape index (κ1) is 19.9. The van der Waals surface area contributed by atoms with Crippen molar-refractivity contribution in [1.29, 1.82) is 0 Å². The lowest BCUT2D eigenvalue weighted by Crippen LogP contribution is -2.39. The van der Waals surface area contributed by atoms with Crippen LogP contribution in [0, 0.1) is 18.6 Å². The van der Waals surface area contributed by atoms with E-state index in [-0.39, 0.29) is 16.5 Å². The van der Waals surface area contributed by atoms with Crippen molar-refractivity contribution in [2.75, 3.05) is 19.6 Å². The van der Waals surface area contributed by atoms with E-state index < -0.39 is 11.6 Å². The van der Waals surface area contributed by atoms with Crippen LogP contribution in [0.3, 0.4) is 0 Å². The summed E-state index contributed by atoms with van der Waals surface area (Å²) in [6.07, 6.45) is 4.65. The predicted octanol–water partition coefficient (Wildman–Crippen LogP) is 4.39. The fraction of sp³-hybridized carbons (Fsp3) is 0.500. The molecule has 2 aromatic rings. The highest BCUT2D eigenvalue weighted by Gasteiger charge is 2.21. The van der Waals surface area contributed by atoms with Gasteiger partial charge in [0.15, 0.2) is 0 Å². The molecule has 146 valence electrons. The van der Waals surface area contributed by atoms with E-state index in [1.165, 1.54) is 37.5 Å².